The summed E-state index contributed by atoms with van der Waals surface area (Å²) in [6, 6.07) is 4.25. The summed E-state index contributed by atoms with van der Waals surface area (Å²) >= 11 is 3.26. The number of carbonyl (C=O) groups excluding carboxylic acids is 2. The maximum atomic E-state index is 12.5. The number of amides is 2. The minimum Gasteiger partial charge on any atom is -0.465 e. The molecular formula is C16H17BrN4O6S. The van der Waals surface area contributed by atoms with Crippen LogP contribution in [0.1, 0.15) is 23.0 Å². The minimum atomic E-state index is -4.35. The Morgan fingerprint density at radius 1 is 1.25 bits per heavy atom. The number of anilines is 1. The second-order valence-electron chi connectivity index (χ2n) is 5.17. The molecule has 0 bridgehead atoms. The van der Waals surface area contributed by atoms with Crippen LogP contribution in [0.15, 0.2) is 39.8 Å². The van der Waals surface area contributed by atoms with Gasteiger partial charge in [-0.2, -0.15) is 0 Å². The summed E-state index contributed by atoms with van der Waals surface area (Å²) in [5.74, 6) is -0.968. The fourth-order valence-electron chi connectivity index (χ4n) is 2.05. The largest absolute Gasteiger partial charge is 0.465 e. The zero-order valence-electron chi connectivity index (χ0n) is 14.9. The van der Waals surface area contributed by atoms with Crippen LogP contribution >= 0.6 is 15.9 Å². The Labute approximate surface area is 169 Å². The summed E-state index contributed by atoms with van der Waals surface area (Å²) in [4.78, 5) is 31.5. The summed E-state index contributed by atoms with van der Waals surface area (Å²) in [6.45, 7) is 2.47. The first kappa shape index (κ1) is 21.7. The zero-order valence-corrected chi connectivity index (χ0v) is 17.3. The number of hydrogen-bond acceptors (Lipinski definition) is 8. The fraction of sp³-hybridized carbons (Fsp3) is 0.250. The number of carbonyl (C=O) groups is 2. The molecule has 0 radical (unpaired) electrons. The number of urea groups is 1. The monoisotopic (exact) mass is 472 g/mol. The molecule has 0 unspecified atom stereocenters. The smallest absolute Gasteiger partial charge is 0.339 e. The Morgan fingerprint density at radius 3 is 2.64 bits per heavy atom. The summed E-state index contributed by atoms with van der Waals surface area (Å²) in [6.07, 6.45) is 1.40. The van der Waals surface area contributed by atoms with Crippen molar-refractivity contribution in [3.8, 4) is 0 Å². The van der Waals surface area contributed by atoms with Gasteiger partial charge < -0.3 is 9.47 Å². The summed E-state index contributed by atoms with van der Waals surface area (Å²) < 4.78 is 37.2. The number of sulfonamides is 1. The van der Waals surface area contributed by atoms with Crippen LogP contribution in [0.25, 0.3) is 0 Å². The first-order valence-corrected chi connectivity index (χ1v) is 10.2. The van der Waals surface area contributed by atoms with Gasteiger partial charge >= 0.3 is 12.0 Å². The van der Waals surface area contributed by atoms with Crippen molar-refractivity contribution in [1.82, 2.24) is 14.7 Å². The van der Waals surface area contributed by atoms with E-state index in [0.717, 1.165) is 7.11 Å². The van der Waals surface area contributed by atoms with Crippen LogP contribution in [0.4, 0.5) is 10.7 Å². The van der Waals surface area contributed by atoms with Crippen molar-refractivity contribution in [2.45, 2.75) is 18.4 Å². The van der Waals surface area contributed by atoms with E-state index in [9.17, 15) is 18.0 Å². The third-order valence-electron chi connectivity index (χ3n) is 3.29. The number of nitrogens with zero attached hydrogens (tertiary/aromatic N) is 2. The molecule has 150 valence electrons. The molecular weight excluding hydrogens is 456 g/mol. The standard InChI is InChI=1S/C16H17BrN4O6S/c1-3-27-9-12-11(17)8-18-15(19-12)20-16(23)21-28(24,25)13-7-5-4-6-10(13)14(22)26-2/h4-8H,3,9H2,1-2H3,(H2,18,19,20,21,23). The minimum absolute atomic E-state index is 0.119. The van der Waals surface area contributed by atoms with E-state index in [-0.39, 0.29) is 18.1 Å². The third-order valence-corrected chi connectivity index (χ3v) is 5.35. The molecule has 0 atom stereocenters. The SMILES string of the molecule is CCOCc1nc(NC(=O)NS(=O)(=O)c2ccccc2C(=O)OC)ncc1Br. The third kappa shape index (κ3) is 5.47. The van der Waals surface area contributed by atoms with Crippen LogP contribution in [-0.4, -0.2) is 44.1 Å². The summed E-state index contributed by atoms with van der Waals surface area (Å²) in [5.41, 5.74) is 0.273. The molecule has 0 aliphatic carbocycles. The van der Waals surface area contributed by atoms with Crippen LogP contribution < -0.4 is 10.0 Å². The number of benzene rings is 1. The van der Waals surface area contributed by atoms with Crippen LogP contribution in [-0.2, 0) is 26.1 Å². The molecule has 28 heavy (non-hydrogen) atoms. The van der Waals surface area contributed by atoms with E-state index in [4.69, 9.17) is 4.74 Å². The van der Waals surface area contributed by atoms with Crippen LogP contribution in [0.5, 0.6) is 0 Å². The van der Waals surface area contributed by atoms with Gasteiger partial charge in [0.2, 0.25) is 5.95 Å². The van der Waals surface area contributed by atoms with Crippen molar-refractivity contribution in [3.05, 3.63) is 46.2 Å². The lowest BCUT2D eigenvalue weighted by molar-refractivity contribution is 0.0596. The number of hydrogen-bond donors (Lipinski definition) is 2. The molecule has 0 aliphatic heterocycles. The number of methoxy groups -OCH3 is 1. The van der Waals surface area contributed by atoms with Gasteiger partial charge in [-0.3, -0.25) is 5.32 Å². The second kappa shape index (κ2) is 9.57. The van der Waals surface area contributed by atoms with E-state index in [0.29, 0.717) is 16.8 Å². The number of halogens is 1. The highest BCUT2D eigenvalue weighted by molar-refractivity contribution is 9.10. The van der Waals surface area contributed by atoms with Crippen molar-refractivity contribution in [2.24, 2.45) is 0 Å². The lowest BCUT2D eigenvalue weighted by atomic mass is 10.2. The van der Waals surface area contributed by atoms with Gasteiger partial charge in [0.25, 0.3) is 10.0 Å². The molecule has 12 heteroatoms. The fourth-order valence-corrected chi connectivity index (χ4v) is 3.46. The van der Waals surface area contributed by atoms with E-state index < -0.39 is 26.9 Å². The molecule has 1 aromatic heterocycles. The topological polar surface area (TPSA) is 137 Å². The molecule has 2 amide bonds. The first-order chi connectivity index (χ1) is 13.3. The van der Waals surface area contributed by atoms with Crippen LogP contribution in [0.3, 0.4) is 0 Å². The van der Waals surface area contributed by atoms with Gasteiger partial charge in [-0.05, 0) is 35.0 Å². The van der Waals surface area contributed by atoms with Crippen molar-refractivity contribution in [2.75, 3.05) is 19.0 Å². The molecule has 1 aromatic carbocycles. The van der Waals surface area contributed by atoms with E-state index in [1.165, 1.54) is 30.5 Å². The van der Waals surface area contributed by atoms with Crippen molar-refractivity contribution in [1.29, 1.82) is 0 Å². The number of ether oxygens (including phenoxy) is 2. The zero-order chi connectivity index (χ0) is 20.7. The highest BCUT2D eigenvalue weighted by Crippen LogP contribution is 2.18. The maximum absolute atomic E-state index is 12.5. The van der Waals surface area contributed by atoms with Gasteiger partial charge in [0.05, 0.1) is 29.4 Å². The molecule has 1 heterocycles. The molecule has 0 fully saturated rings. The van der Waals surface area contributed by atoms with E-state index in [1.54, 1.807) is 0 Å². The molecule has 2 N–H and O–H groups in total. The molecule has 10 nitrogen and oxygen atoms in total. The molecule has 2 rings (SSSR count). The second-order valence-corrected chi connectivity index (χ2v) is 7.68. The Morgan fingerprint density at radius 2 is 1.96 bits per heavy atom. The van der Waals surface area contributed by atoms with Gasteiger partial charge in [0.15, 0.2) is 0 Å². The van der Waals surface area contributed by atoms with Crippen molar-refractivity contribution >= 4 is 43.9 Å². The Kier molecular flexibility index (Phi) is 7.43. The lowest BCUT2D eigenvalue weighted by Crippen LogP contribution is -2.35. The van der Waals surface area contributed by atoms with E-state index in [2.05, 4.69) is 36.0 Å². The molecule has 2 aromatic rings. The summed E-state index contributed by atoms with van der Waals surface area (Å²) in [5, 5.41) is 2.23. The van der Waals surface area contributed by atoms with Crippen LogP contribution in [0.2, 0.25) is 0 Å². The highest BCUT2D eigenvalue weighted by Gasteiger charge is 2.25. The quantitative estimate of drug-likeness (QED) is 0.584. The van der Waals surface area contributed by atoms with Crippen molar-refractivity contribution in [3.63, 3.8) is 0 Å². The lowest BCUT2D eigenvalue weighted by Gasteiger charge is -2.11. The van der Waals surface area contributed by atoms with Gasteiger partial charge in [0.1, 0.15) is 4.90 Å². The Hall–Kier alpha value is -2.57. The predicted molar refractivity (Wildman–Crippen MR) is 102 cm³/mol. The predicted octanol–water partition coefficient (Wildman–Crippen LogP) is 2.07. The normalized spacial score (nSPS) is 11.0. The first-order valence-electron chi connectivity index (χ1n) is 7.88. The average molecular weight is 473 g/mol. The highest BCUT2D eigenvalue weighted by atomic mass is 79.9. The van der Waals surface area contributed by atoms with Gasteiger partial charge in [0, 0.05) is 12.8 Å². The maximum Gasteiger partial charge on any atom is 0.339 e. The van der Waals surface area contributed by atoms with Crippen molar-refractivity contribution < 1.29 is 27.5 Å². The summed E-state index contributed by atoms with van der Waals surface area (Å²) in [7, 11) is -3.23. The molecule has 0 aliphatic rings. The number of esters is 1. The molecule has 0 saturated carbocycles. The number of nitrogens with one attached hydrogen (secondary N) is 2. The van der Waals surface area contributed by atoms with E-state index >= 15 is 0 Å². The van der Waals surface area contributed by atoms with Crippen LogP contribution in [0, 0.1) is 0 Å². The number of aromatic nitrogens is 2. The van der Waals surface area contributed by atoms with Gasteiger partial charge in [-0.25, -0.2) is 32.7 Å². The Balaban J connectivity index is 2.18. The van der Waals surface area contributed by atoms with E-state index in [1.807, 2.05) is 11.6 Å². The molecule has 0 spiro atoms. The van der Waals surface area contributed by atoms with Gasteiger partial charge in [-0.1, -0.05) is 12.1 Å². The Bertz CT molecular complexity index is 983. The molecule has 0 saturated heterocycles. The number of rotatable bonds is 7. The van der Waals surface area contributed by atoms with Gasteiger partial charge in [-0.15, -0.1) is 0 Å². The average Bonchev–Trinajstić information content (AvgIpc) is 2.67.